The van der Waals surface area contributed by atoms with Gasteiger partial charge >= 0.3 is 0 Å². The van der Waals surface area contributed by atoms with Crippen LogP contribution >= 0.6 is 0 Å². The number of amides is 1. The predicted octanol–water partition coefficient (Wildman–Crippen LogP) is 5.29. The van der Waals surface area contributed by atoms with Crippen LogP contribution < -0.4 is 14.8 Å². The highest BCUT2D eigenvalue weighted by molar-refractivity contribution is 6.01. The van der Waals surface area contributed by atoms with Crippen molar-refractivity contribution in [3.63, 3.8) is 0 Å². The van der Waals surface area contributed by atoms with Crippen LogP contribution in [0.5, 0.6) is 11.5 Å². The molecular formula is C27H34N2O4. The van der Waals surface area contributed by atoms with E-state index in [1.807, 2.05) is 59.1 Å². The number of allylic oxidation sites excluding steroid dienone is 1. The molecule has 1 aromatic heterocycles. The summed E-state index contributed by atoms with van der Waals surface area (Å²) < 4.78 is 17.4. The fourth-order valence-electron chi connectivity index (χ4n) is 3.89. The zero-order valence-corrected chi connectivity index (χ0v) is 20.5. The fourth-order valence-corrected chi connectivity index (χ4v) is 3.89. The molecule has 0 aliphatic carbocycles. The highest BCUT2D eigenvalue weighted by atomic mass is 16.5. The van der Waals surface area contributed by atoms with Crippen LogP contribution in [0.25, 0.3) is 27.7 Å². The summed E-state index contributed by atoms with van der Waals surface area (Å²) in [4.78, 5) is 14.6. The second kappa shape index (κ2) is 11.1. The molecule has 1 N–H and O–H groups in total. The Morgan fingerprint density at radius 2 is 2.03 bits per heavy atom. The number of hydrogen-bond acceptors (Lipinski definition) is 5. The fraction of sp³-hybridized carbons (Fsp3) is 0.370. The quantitative estimate of drug-likeness (QED) is 0.336. The zero-order valence-electron chi connectivity index (χ0n) is 20.5. The smallest absolute Gasteiger partial charge is 0.244 e. The summed E-state index contributed by atoms with van der Waals surface area (Å²) in [5, 5.41) is 3.94. The zero-order chi connectivity index (χ0) is 24.0. The molecule has 0 fully saturated rings. The lowest BCUT2D eigenvalue weighted by Crippen LogP contribution is -2.25. The molecule has 33 heavy (non-hydrogen) atoms. The number of fused-ring (bicyclic) bond motifs is 1. The SMILES string of the molecule is CCOc1c(/C(C)=C/C(=O)NCCCN(C)C)cc2c(-c3cccc(OC)c3)coc2c1C. The van der Waals surface area contributed by atoms with E-state index in [0.717, 1.165) is 63.3 Å². The molecule has 0 aliphatic heterocycles. The van der Waals surface area contributed by atoms with Crippen molar-refractivity contribution in [2.45, 2.75) is 27.2 Å². The van der Waals surface area contributed by atoms with Gasteiger partial charge in [0.05, 0.1) is 20.0 Å². The van der Waals surface area contributed by atoms with Gasteiger partial charge in [-0.15, -0.1) is 0 Å². The van der Waals surface area contributed by atoms with Crippen LogP contribution in [-0.2, 0) is 4.79 Å². The molecule has 0 aliphatic rings. The number of carbonyl (C=O) groups excluding carboxylic acids is 1. The van der Waals surface area contributed by atoms with E-state index in [-0.39, 0.29) is 5.91 Å². The molecule has 3 rings (SSSR count). The van der Waals surface area contributed by atoms with E-state index in [1.54, 1.807) is 19.4 Å². The third-order valence-corrected chi connectivity index (χ3v) is 5.57. The van der Waals surface area contributed by atoms with Crippen LogP contribution in [0, 0.1) is 6.92 Å². The number of carbonyl (C=O) groups is 1. The summed E-state index contributed by atoms with van der Waals surface area (Å²) in [5.41, 5.74) is 5.39. The molecule has 1 amide bonds. The first-order valence-electron chi connectivity index (χ1n) is 11.3. The summed E-state index contributed by atoms with van der Waals surface area (Å²) in [6.07, 6.45) is 4.31. The van der Waals surface area contributed by atoms with E-state index in [9.17, 15) is 4.79 Å². The molecule has 0 spiro atoms. The molecule has 0 atom stereocenters. The standard InChI is InChI=1S/C27H34N2O4/c1-7-32-26-19(3)27-23(24(17-33-27)20-10-8-11-21(15-20)31-6)16-22(26)18(2)14-25(30)28-12-9-13-29(4)5/h8,10-11,14-17H,7,9,12-13H2,1-6H3,(H,28,30)/b18-14+. The third kappa shape index (κ3) is 5.76. The maximum absolute atomic E-state index is 12.5. The van der Waals surface area contributed by atoms with Crippen LogP contribution in [-0.4, -0.2) is 51.7 Å². The second-order valence-corrected chi connectivity index (χ2v) is 8.34. The van der Waals surface area contributed by atoms with Gasteiger partial charge in [0.2, 0.25) is 5.91 Å². The molecule has 6 nitrogen and oxygen atoms in total. The minimum absolute atomic E-state index is 0.105. The number of aryl methyl sites for hydroxylation is 1. The Balaban J connectivity index is 2.00. The van der Waals surface area contributed by atoms with Crippen molar-refractivity contribution < 1.29 is 18.7 Å². The lowest BCUT2D eigenvalue weighted by Gasteiger charge is -2.15. The number of nitrogens with one attached hydrogen (secondary N) is 1. The van der Waals surface area contributed by atoms with Crippen LogP contribution in [0.15, 0.2) is 47.1 Å². The van der Waals surface area contributed by atoms with Gasteiger partial charge in [-0.05, 0) is 77.2 Å². The molecular weight excluding hydrogens is 416 g/mol. The molecule has 0 unspecified atom stereocenters. The van der Waals surface area contributed by atoms with Gasteiger partial charge in [-0.3, -0.25) is 4.79 Å². The van der Waals surface area contributed by atoms with Gasteiger partial charge < -0.3 is 24.1 Å². The summed E-state index contributed by atoms with van der Waals surface area (Å²) in [5.74, 6) is 1.42. The van der Waals surface area contributed by atoms with E-state index in [1.165, 1.54) is 0 Å². The Kier molecular flexibility index (Phi) is 8.17. The molecule has 176 valence electrons. The highest BCUT2D eigenvalue weighted by Gasteiger charge is 2.19. The van der Waals surface area contributed by atoms with E-state index in [2.05, 4.69) is 16.3 Å². The Hall–Kier alpha value is -3.25. The second-order valence-electron chi connectivity index (χ2n) is 8.34. The molecule has 0 saturated heterocycles. The van der Waals surface area contributed by atoms with Crippen molar-refractivity contribution in [3.8, 4) is 22.6 Å². The number of methoxy groups -OCH3 is 1. The van der Waals surface area contributed by atoms with E-state index < -0.39 is 0 Å². The van der Waals surface area contributed by atoms with Crippen molar-refractivity contribution in [2.75, 3.05) is 40.9 Å². The molecule has 0 bridgehead atoms. The largest absolute Gasteiger partial charge is 0.497 e. The first-order chi connectivity index (χ1) is 15.8. The van der Waals surface area contributed by atoms with Crippen molar-refractivity contribution >= 4 is 22.4 Å². The Bertz CT molecular complexity index is 1140. The van der Waals surface area contributed by atoms with Gasteiger partial charge in [-0.1, -0.05) is 12.1 Å². The lowest BCUT2D eigenvalue weighted by molar-refractivity contribution is -0.116. The van der Waals surface area contributed by atoms with Gasteiger partial charge in [-0.2, -0.15) is 0 Å². The Morgan fingerprint density at radius 3 is 2.73 bits per heavy atom. The van der Waals surface area contributed by atoms with Crippen LogP contribution in [0.2, 0.25) is 0 Å². The van der Waals surface area contributed by atoms with Gasteiger partial charge in [0, 0.05) is 34.7 Å². The van der Waals surface area contributed by atoms with E-state index >= 15 is 0 Å². The number of furan rings is 1. The van der Waals surface area contributed by atoms with Gasteiger partial charge in [0.15, 0.2) is 0 Å². The van der Waals surface area contributed by atoms with Crippen molar-refractivity contribution in [1.29, 1.82) is 0 Å². The van der Waals surface area contributed by atoms with Crippen LogP contribution in [0.1, 0.15) is 31.4 Å². The molecule has 3 aromatic rings. The molecule has 0 saturated carbocycles. The maximum Gasteiger partial charge on any atom is 0.244 e. The number of ether oxygens (including phenoxy) is 2. The maximum atomic E-state index is 12.5. The van der Waals surface area contributed by atoms with Crippen LogP contribution in [0.4, 0.5) is 0 Å². The highest BCUT2D eigenvalue weighted by Crippen LogP contribution is 2.41. The normalized spacial score (nSPS) is 11.8. The van der Waals surface area contributed by atoms with Crippen LogP contribution in [0.3, 0.4) is 0 Å². The minimum Gasteiger partial charge on any atom is -0.497 e. The monoisotopic (exact) mass is 450 g/mol. The van der Waals surface area contributed by atoms with E-state index in [4.69, 9.17) is 13.9 Å². The molecule has 6 heteroatoms. The predicted molar refractivity (Wildman–Crippen MR) is 134 cm³/mol. The first-order valence-corrected chi connectivity index (χ1v) is 11.3. The van der Waals surface area contributed by atoms with Gasteiger partial charge in [-0.25, -0.2) is 0 Å². The van der Waals surface area contributed by atoms with E-state index in [0.29, 0.717) is 13.2 Å². The summed E-state index contributed by atoms with van der Waals surface area (Å²) in [6, 6.07) is 9.94. The topological polar surface area (TPSA) is 63.9 Å². The molecule has 0 radical (unpaired) electrons. The number of benzene rings is 2. The third-order valence-electron chi connectivity index (χ3n) is 5.57. The summed E-state index contributed by atoms with van der Waals surface area (Å²) in [6.45, 7) is 7.97. The Labute approximate surface area is 196 Å². The van der Waals surface area contributed by atoms with Crippen molar-refractivity contribution in [1.82, 2.24) is 10.2 Å². The average Bonchev–Trinajstić information content (AvgIpc) is 3.22. The number of nitrogens with zero attached hydrogens (tertiary/aromatic N) is 1. The first kappa shape index (κ1) is 24.4. The van der Waals surface area contributed by atoms with Crippen molar-refractivity contribution in [2.24, 2.45) is 0 Å². The average molecular weight is 451 g/mol. The molecule has 1 heterocycles. The van der Waals surface area contributed by atoms with Crippen molar-refractivity contribution in [3.05, 3.63) is 53.8 Å². The Morgan fingerprint density at radius 1 is 1.24 bits per heavy atom. The number of hydrogen-bond donors (Lipinski definition) is 1. The summed E-state index contributed by atoms with van der Waals surface area (Å²) >= 11 is 0. The lowest BCUT2D eigenvalue weighted by atomic mass is 9.96. The minimum atomic E-state index is -0.105. The number of rotatable bonds is 10. The molecule has 2 aromatic carbocycles. The van der Waals surface area contributed by atoms with Gasteiger partial charge in [0.25, 0.3) is 0 Å². The summed E-state index contributed by atoms with van der Waals surface area (Å²) in [7, 11) is 5.70. The van der Waals surface area contributed by atoms with Gasteiger partial charge in [0.1, 0.15) is 17.1 Å².